The Balaban J connectivity index is 2.13. The van der Waals surface area contributed by atoms with Crippen LogP contribution in [0.2, 0.25) is 0 Å². The van der Waals surface area contributed by atoms with Gasteiger partial charge in [-0.25, -0.2) is 8.78 Å². The van der Waals surface area contributed by atoms with E-state index in [0.29, 0.717) is 12.0 Å². The predicted molar refractivity (Wildman–Crippen MR) is 74.2 cm³/mol. The Morgan fingerprint density at radius 1 is 1.21 bits per heavy atom. The maximum atomic E-state index is 13.4. The third kappa shape index (κ3) is 4.27. The highest BCUT2D eigenvalue weighted by Crippen LogP contribution is 2.30. The first-order valence-corrected chi connectivity index (χ1v) is 7.29. The van der Waals surface area contributed by atoms with Crippen molar-refractivity contribution in [2.45, 2.75) is 51.5 Å². The van der Waals surface area contributed by atoms with Crippen LogP contribution in [0.5, 0.6) is 0 Å². The molecule has 106 valence electrons. The maximum Gasteiger partial charge on any atom is 0.126 e. The summed E-state index contributed by atoms with van der Waals surface area (Å²) in [6, 6.07) is 4.53. The fourth-order valence-electron chi connectivity index (χ4n) is 2.67. The predicted octanol–water partition coefficient (Wildman–Crippen LogP) is 4.24. The minimum atomic E-state index is -0.477. The van der Waals surface area contributed by atoms with E-state index in [4.69, 9.17) is 0 Å². The minimum absolute atomic E-state index is 0.186. The number of nitrogens with one attached hydrogen (secondary N) is 1. The summed E-state index contributed by atoms with van der Waals surface area (Å²) in [6.07, 6.45) is 4.63. The van der Waals surface area contributed by atoms with Gasteiger partial charge in [-0.3, -0.25) is 0 Å². The van der Waals surface area contributed by atoms with Crippen LogP contribution in [-0.2, 0) is 0 Å². The smallest absolute Gasteiger partial charge is 0.126 e. The van der Waals surface area contributed by atoms with Gasteiger partial charge in [0.25, 0.3) is 0 Å². The molecular weight excluding hydrogens is 244 g/mol. The van der Waals surface area contributed by atoms with Crippen LogP contribution in [0.1, 0.15) is 51.0 Å². The third-order valence-electron chi connectivity index (χ3n) is 3.95. The highest BCUT2D eigenvalue weighted by molar-refractivity contribution is 5.23. The SMILES string of the molecule is CCCC(C)C(CNC1CC1)c1cc(F)cc(F)c1. The van der Waals surface area contributed by atoms with E-state index < -0.39 is 11.6 Å². The number of halogens is 2. The fraction of sp³-hybridized carbons (Fsp3) is 0.625. The molecule has 1 aromatic rings. The molecule has 1 aliphatic carbocycles. The van der Waals surface area contributed by atoms with Crippen LogP contribution in [0.3, 0.4) is 0 Å². The molecule has 0 saturated heterocycles. The molecule has 0 bridgehead atoms. The normalized spacial score (nSPS) is 18.3. The van der Waals surface area contributed by atoms with Crippen LogP contribution < -0.4 is 5.32 Å². The molecule has 1 aromatic carbocycles. The van der Waals surface area contributed by atoms with Crippen molar-refractivity contribution >= 4 is 0 Å². The van der Waals surface area contributed by atoms with Crippen molar-refractivity contribution in [1.29, 1.82) is 0 Å². The van der Waals surface area contributed by atoms with Crippen molar-refractivity contribution in [1.82, 2.24) is 5.32 Å². The van der Waals surface area contributed by atoms with E-state index in [1.807, 2.05) is 0 Å². The minimum Gasteiger partial charge on any atom is -0.313 e. The highest BCUT2D eigenvalue weighted by atomic mass is 19.1. The maximum absolute atomic E-state index is 13.4. The lowest BCUT2D eigenvalue weighted by Gasteiger charge is -2.25. The van der Waals surface area contributed by atoms with E-state index in [0.717, 1.165) is 31.0 Å². The van der Waals surface area contributed by atoms with Gasteiger partial charge in [-0.2, -0.15) is 0 Å². The summed E-state index contributed by atoms with van der Waals surface area (Å²) in [4.78, 5) is 0. The third-order valence-corrected chi connectivity index (χ3v) is 3.95. The van der Waals surface area contributed by atoms with Gasteiger partial charge in [-0.15, -0.1) is 0 Å². The largest absolute Gasteiger partial charge is 0.313 e. The van der Waals surface area contributed by atoms with E-state index in [9.17, 15) is 8.78 Å². The van der Waals surface area contributed by atoms with Gasteiger partial charge in [0.1, 0.15) is 11.6 Å². The Morgan fingerprint density at radius 3 is 2.37 bits per heavy atom. The number of hydrogen-bond donors (Lipinski definition) is 1. The molecule has 1 N–H and O–H groups in total. The molecule has 1 fully saturated rings. The molecule has 19 heavy (non-hydrogen) atoms. The Hall–Kier alpha value is -0.960. The van der Waals surface area contributed by atoms with Crippen LogP contribution in [0.15, 0.2) is 18.2 Å². The lowest BCUT2D eigenvalue weighted by molar-refractivity contribution is 0.400. The van der Waals surface area contributed by atoms with Gasteiger partial charge >= 0.3 is 0 Å². The first kappa shape index (κ1) is 14.4. The zero-order valence-corrected chi connectivity index (χ0v) is 11.8. The van der Waals surface area contributed by atoms with Crippen LogP contribution in [0.4, 0.5) is 8.78 Å². The van der Waals surface area contributed by atoms with Gasteiger partial charge in [0.05, 0.1) is 0 Å². The van der Waals surface area contributed by atoms with Crippen LogP contribution in [0, 0.1) is 17.6 Å². The average molecular weight is 267 g/mol. The molecule has 0 radical (unpaired) electrons. The van der Waals surface area contributed by atoms with E-state index >= 15 is 0 Å². The summed E-state index contributed by atoms with van der Waals surface area (Å²) < 4.78 is 26.8. The van der Waals surface area contributed by atoms with Crippen molar-refractivity contribution in [3.63, 3.8) is 0 Å². The standard InChI is InChI=1S/C16H23F2N/c1-3-4-11(2)16(10-19-15-5-6-15)12-7-13(17)9-14(18)8-12/h7-9,11,15-16,19H,3-6,10H2,1-2H3. The second-order valence-corrected chi connectivity index (χ2v) is 5.76. The first-order valence-electron chi connectivity index (χ1n) is 7.29. The molecule has 0 aromatic heterocycles. The van der Waals surface area contributed by atoms with E-state index in [1.54, 1.807) is 0 Å². The quantitative estimate of drug-likeness (QED) is 0.779. The molecule has 0 spiro atoms. The summed E-state index contributed by atoms with van der Waals surface area (Å²) in [5.41, 5.74) is 0.784. The summed E-state index contributed by atoms with van der Waals surface area (Å²) in [6.45, 7) is 5.13. The molecule has 2 unspecified atom stereocenters. The second kappa shape index (κ2) is 6.47. The van der Waals surface area contributed by atoms with Gasteiger partial charge in [0.2, 0.25) is 0 Å². The summed E-state index contributed by atoms with van der Waals surface area (Å²) in [5, 5.41) is 3.49. The molecule has 2 atom stereocenters. The highest BCUT2D eigenvalue weighted by Gasteiger charge is 2.25. The topological polar surface area (TPSA) is 12.0 Å². The molecule has 3 heteroatoms. The van der Waals surface area contributed by atoms with Crippen molar-refractivity contribution in [3.05, 3.63) is 35.4 Å². The lowest BCUT2D eigenvalue weighted by Crippen LogP contribution is -2.27. The second-order valence-electron chi connectivity index (χ2n) is 5.76. The molecule has 0 heterocycles. The van der Waals surface area contributed by atoms with Crippen LogP contribution in [0.25, 0.3) is 0 Å². The Bertz CT molecular complexity index is 395. The lowest BCUT2D eigenvalue weighted by atomic mass is 9.84. The molecule has 1 aliphatic rings. The van der Waals surface area contributed by atoms with Crippen LogP contribution in [-0.4, -0.2) is 12.6 Å². The van der Waals surface area contributed by atoms with Crippen molar-refractivity contribution in [2.24, 2.45) is 5.92 Å². The number of benzene rings is 1. The Labute approximate surface area is 114 Å². The summed E-state index contributed by atoms with van der Waals surface area (Å²) in [7, 11) is 0. The number of hydrogen-bond acceptors (Lipinski definition) is 1. The Kier molecular flexibility index (Phi) is 4.92. The van der Waals surface area contributed by atoms with Gasteiger partial charge in [-0.1, -0.05) is 26.7 Å². The fourth-order valence-corrected chi connectivity index (χ4v) is 2.67. The average Bonchev–Trinajstić information content (AvgIpc) is 3.12. The molecular formula is C16H23F2N. The zero-order valence-electron chi connectivity index (χ0n) is 11.8. The van der Waals surface area contributed by atoms with Crippen molar-refractivity contribution < 1.29 is 8.78 Å². The van der Waals surface area contributed by atoms with Crippen molar-refractivity contribution in [2.75, 3.05) is 6.54 Å². The van der Waals surface area contributed by atoms with Crippen molar-refractivity contribution in [3.8, 4) is 0 Å². The van der Waals surface area contributed by atoms with E-state index in [2.05, 4.69) is 19.2 Å². The van der Waals surface area contributed by atoms with Gasteiger partial charge in [-0.05, 0) is 42.4 Å². The molecule has 0 aliphatic heterocycles. The summed E-state index contributed by atoms with van der Waals surface area (Å²) >= 11 is 0. The van der Waals surface area contributed by atoms with Crippen LogP contribution >= 0.6 is 0 Å². The molecule has 0 amide bonds. The zero-order chi connectivity index (χ0) is 13.8. The first-order chi connectivity index (χ1) is 9.10. The van der Waals surface area contributed by atoms with E-state index in [-0.39, 0.29) is 5.92 Å². The molecule has 1 saturated carbocycles. The number of rotatable bonds is 7. The monoisotopic (exact) mass is 267 g/mol. The molecule has 1 nitrogen and oxygen atoms in total. The Morgan fingerprint density at radius 2 is 1.84 bits per heavy atom. The van der Waals surface area contributed by atoms with Gasteiger partial charge in [0.15, 0.2) is 0 Å². The molecule has 2 rings (SSSR count). The van der Waals surface area contributed by atoms with E-state index in [1.165, 1.54) is 25.0 Å². The van der Waals surface area contributed by atoms with Gasteiger partial charge < -0.3 is 5.32 Å². The summed E-state index contributed by atoms with van der Waals surface area (Å²) in [5.74, 6) is -0.339. The van der Waals surface area contributed by atoms with Gasteiger partial charge in [0, 0.05) is 18.7 Å².